The molecule has 2 aromatic carbocycles. The van der Waals surface area contributed by atoms with Crippen molar-refractivity contribution in [1.29, 1.82) is 0 Å². The smallest absolute Gasteiger partial charge is 0.191 e. The molecule has 0 aliphatic carbocycles. The van der Waals surface area contributed by atoms with Crippen molar-refractivity contribution in [3.8, 4) is 5.69 Å². The number of nitrogens with one attached hydrogen (secondary N) is 2. The highest BCUT2D eigenvalue weighted by Gasteiger charge is 2.14. The molecule has 1 aliphatic rings. The maximum absolute atomic E-state index is 5.48. The fourth-order valence-electron chi connectivity index (χ4n) is 4.21. The molecule has 1 aliphatic heterocycles. The van der Waals surface area contributed by atoms with Crippen molar-refractivity contribution in [1.82, 2.24) is 25.3 Å². The molecular formula is C26H35IN6O. The summed E-state index contributed by atoms with van der Waals surface area (Å²) in [5.41, 5.74) is 7.06. The van der Waals surface area contributed by atoms with Gasteiger partial charge in [-0.1, -0.05) is 42.5 Å². The molecule has 0 radical (unpaired) electrons. The van der Waals surface area contributed by atoms with Crippen LogP contribution >= 0.6 is 24.0 Å². The Balaban J connectivity index is 0.00000324. The van der Waals surface area contributed by atoms with E-state index in [1.807, 2.05) is 29.9 Å². The third kappa shape index (κ3) is 6.58. The van der Waals surface area contributed by atoms with Gasteiger partial charge in [0.2, 0.25) is 0 Å². The second-order valence-electron chi connectivity index (χ2n) is 8.33. The fourth-order valence-corrected chi connectivity index (χ4v) is 4.21. The lowest BCUT2D eigenvalue weighted by Gasteiger charge is -2.27. The lowest BCUT2D eigenvalue weighted by Crippen LogP contribution is -2.37. The van der Waals surface area contributed by atoms with Gasteiger partial charge >= 0.3 is 0 Å². The van der Waals surface area contributed by atoms with Crippen molar-refractivity contribution in [2.75, 3.05) is 33.4 Å². The topological polar surface area (TPSA) is 66.7 Å². The van der Waals surface area contributed by atoms with Gasteiger partial charge in [0.25, 0.3) is 0 Å². The number of hydrogen-bond acceptors (Lipinski definition) is 4. The van der Waals surface area contributed by atoms with Crippen LogP contribution in [0, 0.1) is 13.8 Å². The van der Waals surface area contributed by atoms with E-state index in [4.69, 9.17) is 9.84 Å². The number of rotatable bonds is 7. The normalized spacial score (nSPS) is 14.5. The molecule has 0 atom stereocenters. The van der Waals surface area contributed by atoms with Crippen LogP contribution in [0.15, 0.2) is 59.6 Å². The molecular weight excluding hydrogens is 539 g/mol. The van der Waals surface area contributed by atoms with E-state index < -0.39 is 0 Å². The first kappa shape index (κ1) is 26.2. The number of nitrogens with zero attached hydrogens (tertiary/aromatic N) is 4. The Labute approximate surface area is 219 Å². The third-order valence-corrected chi connectivity index (χ3v) is 6.16. The van der Waals surface area contributed by atoms with Gasteiger partial charge in [-0.15, -0.1) is 24.0 Å². The van der Waals surface area contributed by atoms with Crippen LogP contribution in [0.4, 0.5) is 0 Å². The first-order valence-electron chi connectivity index (χ1n) is 11.6. The lowest BCUT2D eigenvalue weighted by molar-refractivity contribution is 0.0341. The highest BCUT2D eigenvalue weighted by molar-refractivity contribution is 14.0. The molecule has 1 aromatic heterocycles. The summed E-state index contributed by atoms with van der Waals surface area (Å²) in [6.45, 7) is 10.1. The summed E-state index contributed by atoms with van der Waals surface area (Å²) < 4.78 is 7.49. The number of benzene rings is 2. The zero-order valence-electron chi connectivity index (χ0n) is 20.3. The Bertz CT molecular complexity index is 1080. The van der Waals surface area contributed by atoms with Gasteiger partial charge in [-0.2, -0.15) is 5.10 Å². The van der Waals surface area contributed by atoms with Gasteiger partial charge in [0.15, 0.2) is 5.96 Å². The lowest BCUT2D eigenvalue weighted by atomic mass is 10.1. The number of aryl methyl sites for hydroxylation is 1. The Morgan fingerprint density at radius 3 is 2.29 bits per heavy atom. The molecule has 3 aromatic rings. The number of morpholine rings is 1. The zero-order chi connectivity index (χ0) is 23.0. The maximum atomic E-state index is 5.48. The number of aromatic nitrogens is 2. The third-order valence-electron chi connectivity index (χ3n) is 6.16. The predicted molar refractivity (Wildman–Crippen MR) is 148 cm³/mol. The van der Waals surface area contributed by atoms with Crippen molar-refractivity contribution in [3.63, 3.8) is 0 Å². The molecule has 0 amide bonds. The van der Waals surface area contributed by atoms with Crippen LogP contribution in [0.2, 0.25) is 0 Å². The molecule has 1 saturated heterocycles. The molecule has 0 spiro atoms. The van der Waals surface area contributed by atoms with Crippen LogP contribution in [0.5, 0.6) is 0 Å². The average molecular weight is 575 g/mol. The molecule has 4 rings (SSSR count). The largest absolute Gasteiger partial charge is 0.379 e. The Hall–Kier alpha value is -2.43. The summed E-state index contributed by atoms with van der Waals surface area (Å²) >= 11 is 0. The molecule has 34 heavy (non-hydrogen) atoms. The van der Waals surface area contributed by atoms with Crippen LogP contribution in [0.1, 0.15) is 28.1 Å². The monoisotopic (exact) mass is 574 g/mol. The number of hydrogen-bond donors (Lipinski definition) is 2. The molecule has 8 heteroatoms. The van der Waals surface area contributed by atoms with E-state index in [9.17, 15) is 0 Å². The Kier molecular flexibility index (Phi) is 9.91. The standard InChI is InChI=1S/C26H34N6O.HI/c1-20-25(21(2)32(30-20)24-11-5-4-6-12-24)18-29-26(27-3)28-17-22-9-7-8-10-23(22)19-31-13-15-33-16-14-31;/h4-12H,13-19H2,1-3H3,(H2,27,28,29);1H. The molecule has 2 heterocycles. The van der Waals surface area contributed by atoms with E-state index in [0.717, 1.165) is 62.4 Å². The van der Waals surface area contributed by atoms with E-state index in [0.29, 0.717) is 6.54 Å². The minimum atomic E-state index is 0. The number of halogens is 1. The van der Waals surface area contributed by atoms with Gasteiger partial charge in [0.1, 0.15) is 0 Å². The molecule has 182 valence electrons. The van der Waals surface area contributed by atoms with Crippen molar-refractivity contribution in [2.24, 2.45) is 4.99 Å². The fraction of sp³-hybridized carbons (Fsp3) is 0.385. The Morgan fingerprint density at radius 1 is 0.941 bits per heavy atom. The molecule has 0 bridgehead atoms. The highest BCUT2D eigenvalue weighted by Crippen LogP contribution is 2.18. The van der Waals surface area contributed by atoms with Crippen LogP contribution in [-0.2, 0) is 24.4 Å². The first-order valence-corrected chi connectivity index (χ1v) is 11.6. The maximum Gasteiger partial charge on any atom is 0.191 e. The van der Waals surface area contributed by atoms with Gasteiger partial charge in [0, 0.05) is 51.0 Å². The van der Waals surface area contributed by atoms with Crippen LogP contribution in [0.3, 0.4) is 0 Å². The number of ether oxygens (including phenoxy) is 1. The van der Waals surface area contributed by atoms with Crippen LogP contribution in [0.25, 0.3) is 5.69 Å². The van der Waals surface area contributed by atoms with Gasteiger partial charge in [0.05, 0.1) is 24.6 Å². The van der Waals surface area contributed by atoms with E-state index >= 15 is 0 Å². The zero-order valence-corrected chi connectivity index (χ0v) is 22.6. The van der Waals surface area contributed by atoms with E-state index in [1.54, 1.807) is 0 Å². The van der Waals surface area contributed by atoms with E-state index in [2.05, 4.69) is 70.8 Å². The molecule has 7 nitrogen and oxygen atoms in total. The second-order valence-corrected chi connectivity index (χ2v) is 8.33. The molecule has 0 unspecified atom stereocenters. The molecule has 0 saturated carbocycles. The molecule has 1 fully saturated rings. The quantitative estimate of drug-likeness (QED) is 0.256. The number of para-hydroxylation sites is 1. The van der Waals surface area contributed by atoms with Crippen molar-refractivity contribution < 1.29 is 4.74 Å². The minimum Gasteiger partial charge on any atom is -0.379 e. The average Bonchev–Trinajstić information content (AvgIpc) is 3.14. The SMILES string of the molecule is CN=C(NCc1ccccc1CN1CCOCC1)NCc1c(C)nn(-c2ccccc2)c1C.I. The summed E-state index contributed by atoms with van der Waals surface area (Å²) in [6, 6.07) is 18.9. The van der Waals surface area contributed by atoms with E-state index in [-0.39, 0.29) is 24.0 Å². The van der Waals surface area contributed by atoms with Crippen molar-refractivity contribution in [3.05, 3.63) is 82.7 Å². The van der Waals surface area contributed by atoms with Gasteiger partial charge in [-0.05, 0) is 37.1 Å². The van der Waals surface area contributed by atoms with Crippen molar-refractivity contribution in [2.45, 2.75) is 33.5 Å². The van der Waals surface area contributed by atoms with Gasteiger partial charge < -0.3 is 15.4 Å². The number of guanidine groups is 1. The van der Waals surface area contributed by atoms with E-state index in [1.165, 1.54) is 16.7 Å². The predicted octanol–water partition coefficient (Wildman–Crippen LogP) is 3.80. The first-order chi connectivity index (χ1) is 16.2. The second kappa shape index (κ2) is 12.9. The summed E-state index contributed by atoms with van der Waals surface area (Å²) in [4.78, 5) is 6.88. The molecule has 2 N–H and O–H groups in total. The number of aliphatic imine (C=N–C) groups is 1. The summed E-state index contributed by atoms with van der Waals surface area (Å²) in [5, 5.41) is 11.7. The van der Waals surface area contributed by atoms with Crippen LogP contribution < -0.4 is 10.6 Å². The van der Waals surface area contributed by atoms with Gasteiger partial charge in [-0.25, -0.2) is 4.68 Å². The summed E-state index contributed by atoms with van der Waals surface area (Å²) in [5.74, 6) is 0.780. The summed E-state index contributed by atoms with van der Waals surface area (Å²) in [7, 11) is 1.81. The van der Waals surface area contributed by atoms with Crippen molar-refractivity contribution >= 4 is 29.9 Å². The van der Waals surface area contributed by atoms with Crippen LogP contribution in [-0.4, -0.2) is 54.0 Å². The Morgan fingerprint density at radius 2 is 1.59 bits per heavy atom. The van der Waals surface area contributed by atoms with Gasteiger partial charge in [-0.3, -0.25) is 9.89 Å². The minimum absolute atomic E-state index is 0. The highest BCUT2D eigenvalue weighted by atomic mass is 127. The summed E-state index contributed by atoms with van der Waals surface area (Å²) in [6.07, 6.45) is 0.